The number of nitrogens with one attached hydrogen (secondary N) is 2. The van der Waals surface area contributed by atoms with E-state index in [4.69, 9.17) is 11.6 Å². The molecule has 26 heavy (non-hydrogen) atoms. The summed E-state index contributed by atoms with van der Waals surface area (Å²) >= 11 is 5.86. The summed E-state index contributed by atoms with van der Waals surface area (Å²) in [4.78, 5) is 23.6. The van der Waals surface area contributed by atoms with Gasteiger partial charge in [-0.25, -0.2) is 4.99 Å². The Morgan fingerprint density at radius 2 is 1.81 bits per heavy atom. The SMILES string of the molecule is C=N/C(=N\C(=NC)NCCCc1ccc(Cl)cc1)NC(=O)C(C)C.CC. The molecule has 1 amide bonds. The first-order valence-corrected chi connectivity index (χ1v) is 9.15. The van der Waals surface area contributed by atoms with E-state index in [0.717, 1.165) is 17.9 Å². The Bertz CT molecular complexity index is 609. The first-order chi connectivity index (χ1) is 12.5. The number of halogens is 1. The molecule has 1 aromatic carbocycles. The summed E-state index contributed by atoms with van der Waals surface area (Å²) in [6.45, 7) is 11.7. The van der Waals surface area contributed by atoms with E-state index in [1.807, 2.05) is 38.1 Å². The number of aliphatic imine (C=N–C) groups is 3. The number of aryl methyl sites for hydroxylation is 1. The monoisotopic (exact) mass is 379 g/mol. The van der Waals surface area contributed by atoms with Gasteiger partial charge in [-0.05, 0) is 37.3 Å². The zero-order valence-corrected chi connectivity index (χ0v) is 17.1. The number of hydrogen-bond donors (Lipinski definition) is 2. The van der Waals surface area contributed by atoms with E-state index in [-0.39, 0.29) is 17.8 Å². The summed E-state index contributed by atoms with van der Waals surface area (Å²) < 4.78 is 0. The molecule has 0 atom stereocenters. The predicted octanol–water partition coefficient (Wildman–Crippen LogP) is 3.70. The van der Waals surface area contributed by atoms with Crippen LogP contribution in [-0.2, 0) is 11.2 Å². The number of amides is 1. The van der Waals surface area contributed by atoms with E-state index >= 15 is 0 Å². The Balaban J connectivity index is 0.00000301. The van der Waals surface area contributed by atoms with Crippen molar-refractivity contribution >= 4 is 36.1 Å². The molecule has 144 valence electrons. The maximum Gasteiger partial charge on any atom is 0.232 e. The topological polar surface area (TPSA) is 78.2 Å². The first-order valence-electron chi connectivity index (χ1n) is 8.77. The summed E-state index contributed by atoms with van der Waals surface area (Å²) in [6.07, 6.45) is 1.83. The lowest BCUT2D eigenvalue weighted by molar-refractivity contribution is -0.122. The highest BCUT2D eigenvalue weighted by molar-refractivity contribution is 6.30. The van der Waals surface area contributed by atoms with Crippen LogP contribution in [0.2, 0.25) is 5.02 Å². The summed E-state index contributed by atoms with van der Waals surface area (Å²) in [5.74, 6) is 0.211. The van der Waals surface area contributed by atoms with Crippen LogP contribution in [0.25, 0.3) is 0 Å². The van der Waals surface area contributed by atoms with Crippen molar-refractivity contribution in [2.75, 3.05) is 13.6 Å². The zero-order valence-electron chi connectivity index (χ0n) is 16.3. The van der Waals surface area contributed by atoms with Crippen molar-refractivity contribution in [2.24, 2.45) is 20.9 Å². The molecule has 0 saturated carbocycles. The molecule has 0 fully saturated rings. The summed E-state index contributed by atoms with van der Waals surface area (Å²) in [7, 11) is 1.62. The lowest BCUT2D eigenvalue weighted by Gasteiger charge is -2.09. The molecular weight excluding hydrogens is 350 g/mol. The van der Waals surface area contributed by atoms with Crippen LogP contribution in [0.15, 0.2) is 39.2 Å². The number of nitrogens with zero attached hydrogens (tertiary/aromatic N) is 3. The van der Waals surface area contributed by atoms with Crippen LogP contribution in [0.3, 0.4) is 0 Å². The highest BCUT2D eigenvalue weighted by Gasteiger charge is 2.09. The minimum atomic E-state index is -0.167. The van der Waals surface area contributed by atoms with Crippen LogP contribution >= 0.6 is 11.6 Å². The maximum atomic E-state index is 11.7. The van der Waals surface area contributed by atoms with Crippen LogP contribution in [-0.4, -0.2) is 38.1 Å². The van der Waals surface area contributed by atoms with Gasteiger partial charge in [-0.1, -0.05) is 51.4 Å². The Kier molecular flexibility index (Phi) is 12.8. The van der Waals surface area contributed by atoms with Crippen molar-refractivity contribution in [3.05, 3.63) is 34.9 Å². The molecule has 0 aromatic heterocycles. The molecule has 0 bridgehead atoms. The highest BCUT2D eigenvalue weighted by atomic mass is 35.5. The van der Waals surface area contributed by atoms with Crippen molar-refractivity contribution in [3.8, 4) is 0 Å². The van der Waals surface area contributed by atoms with Gasteiger partial charge in [0.15, 0.2) is 0 Å². The van der Waals surface area contributed by atoms with Gasteiger partial charge in [0.2, 0.25) is 17.8 Å². The van der Waals surface area contributed by atoms with Gasteiger partial charge < -0.3 is 5.32 Å². The Morgan fingerprint density at radius 3 is 2.31 bits per heavy atom. The summed E-state index contributed by atoms with van der Waals surface area (Å²) in [6, 6.07) is 7.78. The van der Waals surface area contributed by atoms with E-state index in [1.54, 1.807) is 20.9 Å². The third-order valence-electron chi connectivity index (χ3n) is 3.17. The van der Waals surface area contributed by atoms with Crippen LogP contribution in [0.5, 0.6) is 0 Å². The molecule has 1 rings (SSSR count). The van der Waals surface area contributed by atoms with Crippen molar-refractivity contribution in [1.29, 1.82) is 0 Å². The molecule has 0 aliphatic heterocycles. The highest BCUT2D eigenvalue weighted by Crippen LogP contribution is 2.10. The van der Waals surface area contributed by atoms with Gasteiger partial charge in [0.05, 0.1) is 0 Å². The standard InChI is InChI=1S/C17H24ClN5O.C2H6/c1-12(2)15(24)22-17(20-4)23-16(19-3)21-11-5-6-13-7-9-14(18)10-8-13;1-2/h7-10,12H,4-6,11H2,1-3H3,(H2,19,21,22,23,24);1-2H3. The number of guanidine groups is 2. The van der Waals surface area contributed by atoms with Gasteiger partial charge in [-0.15, -0.1) is 0 Å². The van der Waals surface area contributed by atoms with E-state index in [1.165, 1.54) is 5.56 Å². The lowest BCUT2D eigenvalue weighted by Crippen LogP contribution is -2.34. The Labute approximate surface area is 161 Å². The predicted molar refractivity (Wildman–Crippen MR) is 112 cm³/mol. The van der Waals surface area contributed by atoms with E-state index < -0.39 is 0 Å². The molecule has 1 aromatic rings. The quantitative estimate of drug-likeness (QED) is 0.464. The van der Waals surface area contributed by atoms with Crippen molar-refractivity contribution < 1.29 is 4.79 Å². The molecule has 0 aliphatic rings. The number of benzene rings is 1. The number of carbonyl (C=O) groups excluding carboxylic acids is 1. The van der Waals surface area contributed by atoms with E-state index in [0.29, 0.717) is 12.5 Å². The third-order valence-corrected chi connectivity index (χ3v) is 3.42. The van der Waals surface area contributed by atoms with Gasteiger partial charge in [-0.2, -0.15) is 4.99 Å². The van der Waals surface area contributed by atoms with Gasteiger partial charge in [0.1, 0.15) is 0 Å². The molecule has 0 unspecified atom stereocenters. The van der Waals surface area contributed by atoms with Gasteiger partial charge in [0, 0.05) is 24.5 Å². The fraction of sp³-hybridized carbons (Fsp3) is 0.474. The van der Waals surface area contributed by atoms with Gasteiger partial charge in [-0.3, -0.25) is 15.1 Å². The lowest BCUT2D eigenvalue weighted by atomic mass is 10.1. The van der Waals surface area contributed by atoms with Crippen molar-refractivity contribution in [1.82, 2.24) is 10.6 Å². The van der Waals surface area contributed by atoms with Crippen LogP contribution in [0.4, 0.5) is 0 Å². The molecule has 0 heterocycles. The maximum absolute atomic E-state index is 11.7. The smallest absolute Gasteiger partial charge is 0.232 e. The molecule has 2 N–H and O–H groups in total. The van der Waals surface area contributed by atoms with Crippen molar-refractivity contribution in [2.45, 2.75) is 40.5 Å². The average Bonchev–Trinajstić information content (AvgIpc) is 2.66. The molecule has 6 nitrogen and oxygen atoms in total. The van der Waals surface area contributed by atoms with Gasteiger partial charge in [0.25, 0.3) is 0 Å². The van der Waals surface area contributed by atoms with Crippen LogP contribution < -0.4 is 10.6 Å². The zero-order chi connectivity index (χ0) is 19.9. The Hall–Kier alpha value is -2.21. The molecule has 7 heteroatoms. The number of carbonyl (C=O) groups is 1. The summed E-state index contributed by atoms with van der Waals surface area (Å²) in [5.41, 5.74) is 1.22. The van der Waals surface area contributed by atoms with Gasteiger partial charge >= 0.3 is 0 Å². The van der Waals surface area contributed by atoms with Crippen LogP contribution in [0, 0.1) is 5.92 Å². The minimum absolute atomic E-state index is 0.138. The van der Waals surface area contributed by atoms with E-state index in [9.17, 15) is 4.79 Å². The fourth-order valence-electron chi connectivity index (χ4n) is 1.77. The molecular formula is C19H30ClN5O. The number of hydrogen-bond acceptors (Lipinski definition) is 2. The molecule has 0 radical (unpaired) electrons. The Morgan fingerprint density at radius 1 is 1.19 bits per heavy atom. The van der Waals surface area contributed by atoms with Crippen molar-refractivity contribution in [3.63, 3.8) is 0 Å². The minimum Gasteiger partial charge on any atom is -0.354 e. The molecule has 0 spiro atoms. The number of rotatable bonds is 5. The van der Waals surface area contributed by atoms with Crippen LogP contribution in [0.1, 0.15) is 39.7 Å². The second-order valence-electron chi connectivity index (χ2n) is 5.44. The third kappa shape index (κ3) is 9.93. The second-order valence-corrected chi connectivity index (χ2v) is 5.88. The first kappa shape index (κ1) is 23.8. The largest absolute Gasteiger partial charge is 0.354 e. The fourth-order valence-corrected chi connectivity index (χ4v) is 1.90. The molecule has 0 saturated heterocycles. The summed E-state index contributed by atoms with van der Waals surface area (Å²) in [5, 5.41) is 6.45. The second kappa shape index (κ2) is 14.0. The average molecular weight is 380 g/mol. The van der Waals surface area contributed by atoms with E-state index in [2.05, 4.69) is 32.3 Å². The molecule has 0 aliphatic carbocycles. The normalized spacial score (nSPS) is 11.5.